The predicted octanol–water partition coefficient (Wildman–Crippen LogP) is 3.73. The third-order valence-corrected chi connectivity index (χ3v) is 3.15. The number of aryl methyl sites for hydroxylation is 1. The lowest BCUT2D eigenvalue weighted by Crippen LogP contribution is -2.22. The molecule has 0 fully saturated rings. The Morgan fingerprint density at radius 3 is 2.65 bits per heavy atom. The molecule has 0 spiro atoms. The molecule has 4 nitrogen and oxygen atoms in total. The molecule has 0 saturated carbocycles. The molecule has 0 aliphatic rings. The fourth-order valence-corrected chi connectivity index (χ4v) is 1.71. The van der Waals surface area contributed by atoms with Gasteiger partial charge in [-0.2, -0.15) is 0 Å². The third-order valence-electron chi connectivity index (χ3n) is 2.72. The van der Waals surface area contributed by atoms with E-state index in [4.69, 9.17) is 16.3 Å². The van der Waals surface area contributed by atoms with Crippen LogP contribution in [0.5, 0.6) is 11.6 Å². The Bertz CT molecular complexity index is 570. The number of hydrogen-bond donors (Lipinski definition) is 1. The van der Waals surface area contributed by atoms with Crippen LogP contribution in [0.25, 0.3) is 0 Å². The number of ether oxygens (including phenoxy) is 1. The first-order chi connectivity index (χ1) is 9.54. The first kappa shape index (κ1) is 14.8. The maximum atomic E-state index is 5.97. The molecular formula is C15H18ClN3O. The quantitative estimate of drug-likeness (QED) is 0.912. The molecule has 20 heavy (non-hydrogen) atoms. The Balaban J connectivity index is 2.01. The molecule has 0 amide bonds. The fraction of sp³-hybridized carbons (Fsp3) is 0.333. The molecule has 2 aromatic rings. The summed E-state index contributed by atoms with van der Waals surface area (Å²) in [5, 5.41) is 4.01. The lowest BCUT2D eigenvalue weighted by Gasteiger charge is -2.08. The van der Waals surface area contributed by atoms with Gasteiger partial charge in [0.05, 0.1) is 18.1 Å². The van der Waals surface area contributed by atoms with Gasteiger partial charge in [-0.3, -0.25) is 4.98 Å². The summed E-state index contributed by atoms with van der Waals surface area (Å²) < 4.78 is 5.64. The van der Waals surface area contributed by atoms with Gasteiger partial charge in [0.25, 0.3) is 0 Å². The van der Waals surface area contributed by atoms with Crippen molar-refractivity contribution in [2.45, 2.75) is 33.4 Å². The van der Waals surface area contributed by atoms with Crippen LogP contribution in [0, 0.1) is 6.92 Å². The minimum Gasteiger partial charge on any atom is -0.437 e. The van der Waals surface area contributed by atoms with E-state index in [9.17, 15) is 0 Å². The molecule has 0 bridgehead atoms. The van der Waals surface area contributed by atoms with Gasteiger partial charge in [-0.15, -0.1) is 0 Å². The van der Waals surface area contributed by atoms with Crippen molar-refractivity contribution in [1.82, 2.24) is 15.3 Å². The molecule has 5 heteroatoms. The SMILES string of the molecule is Cc1cc(Oc2cnc(CNC(C)C)cn2)ccc1Cl. The van der Waals surface area contributed by atoms with Crippen molar-refractivity contribution in [3.8, 4) is 11.6 Å². The van der Waals surface area contributed by atoms with E-state index in [2.05, 4.69) is 29.1 Å². The monoisotopic (exact) mass is 291 g/mol. The van der Waals surface area contributed by atoms with Gasteiger partial charge >= 0.3 is 0 Å². The second kappa shape index (κ2) is 6.68. The lowest BCUT2D eigenvalue weighted by molar-refractivity contribution is 0.458. The number of rotatable bonds is 5. The van der Waals surface area contributed by atoms with Crippen LogP contribution in [-0.2, 0) is 6.54 Å². The maximum absolute atomic E-state index is 5.97. The summed E-state index contributed by atoms with van der Waals surface area (Å²) >= 11 is 5.97. The zero-order valence-corrected chi connectivity index (χ0v) is 12.6. The van der Waals surface area contributed by atoms with Crippen molar-refractivity contribution >= 4 is 11.6 Å². The van der Waals surface area contributed by atoms with Crippen LogP contribution < -0.4 is 10.1 Å². The van der Waals surface area contributed by atoms with Crippen molar-refractivity contribution in [3.63, 3.8) is 0 Å². The number of hydrogen-bond acceptors (Lipinski definition) is 4. The largest absolute Gasteiger partial charge is 0.437 e. The second-order valence-corrected chi connectivity index (χ2v) is 5.30. The van der Waals surface area contributed by atoms with E-state index in [1.54, 1.807) is 18.5 Å². The zero-order valence-electron chi connectivity index (χ0n) is 11.9. The normalized spacial score (nSPS) is 10.8. The first-order valence-corrected chi connectivity index (χ1v) is 6.90. The Hall–Kier alpha value is -1.65. The van der Waals surface area contributed by atoms with Gasteiger partial charge in [0.2, 0.25) is 5.88 Å². The summed E-state index contributed by atoms with van der Waals surface area (Å²) in [5.41, 5.74) is 1.85. The molecule has 1 aromatic carbocycles. The minimum absolute atomic E-state index is 0.421. The number of halogens is 1. The zero-order chi connectivity index (χ0) is 14.5. The van der Waals surface area contributed by atoms with E-state index in [-0.39, 0.29) is 0 Å². The van der Waals surface area contributed by atoms with Gasteiger partial charge < -0.3 is 10.1 Å². The van der Waals surface area contributed by atoms with Crippen LogP contribution >= 0.6 is 11.6 Å². The van der Waals surface area contributed by atoms with Gasteiger partial charge in [0, 0.05) is 17.6 Å². The van der Waals surface area contributed by atoms with Crippen LogP contribution in [0.15, 0.2) is 30.6 Å². The Morgan fingerprint density at radius 2 is 2.05 bits per heavy atom. The summed E-state index contributed by atoms with van der Waals surface area (Å²) in [6.45, 7) is 6.81. The van der Waals surface area contributed by atoms with Crippen LogP contribution in [-0.4, -0.2) is 16.0 Å². The summed E-state index contributed by atoms with van der Waals surface area (Å²) in [4.78, 5) is 8.56. The average Bonchev–Trinajstić information content (AvgIpc) is 2.42. The molecule has 0 radical (unpaired) electrons. The molecule has 0 aliphatic carbocycles. The highest BCUT2D eigenvalue weighted by Gasteiger charge is 2.03. The molecule has 0 atom stereocenters. The number of benzene rings is 1. The molecule has 1 N–H and O–H groups in total. The highest BCUT2D eigenvalue weighted by atomic mass is 35.5. The topological polar surface area (TPSA) is 47.0 Å². The molecule has 106 valence electrons. The molecule has 2 rings (SSSR count). The van der Waals surface area contributed by atoms with E-state index in [0.717, 1.165) is 16.3 Å². The van der Waals surface area contributed by atoms with Gasteiger partial charge in [-0.1, -0.05) is 25.4 Å². The van der Waals surface area contributed by atoms with E-state index in [0.29, 0.717) is 24.2 Å². The standard InChI is InChI=1S/C15H18ClN3O/c1-10(2)17-7-12-8-19-15(9-18-12)20-13-4-5-14(16)11(3)6-13/h4-6,8-10,17H,7H2,1-3H3. The highest BCUT2D eigenvalue weighted by Crippen LogP contribution is 2.24. The maximum Gasteiger partial charge on any atom is 0.237 e. The summed E-state index contributed by atoms with van der Waals surface area (Å²) in [6.07, 6.45) is 3.34. The number of aromatic nitrogens is 2. The minimum atomic E-state index is 0.421. The molecular weight excluding hydrogens is 274 g/mol. The van der Waals surface area contributed by atoms with Crippen molar-refractivity contribution in [2.75, 3.05) is 0 Å². The molecule has 0 unspecified atom stereocenters. The molecule has 0 saturated heterocycles. The van der Waals surface area contributed by atoms with Crippen molar-refractivity contribution in [3.05, 3.63) is 46.9 Å². The van der Waals surface area contributed by atoms with E-state index < -0.39 is 0 Å². The lowest BCUT2D eigenvalue weighted by atomic mass is 10.2. The molecule has 1 aromatic heterocycles. The van der Waals surface area contributed by atoms with Gasteiger partial charge in [0.1, 0.15) is 5.75 Å². The van der Waals surface area contributed by atoms with Crippen molar-refractivity contribution < 1.29 is 4.74 Å². The summed E-state index contributed by atoms with van der Waals surface area (Å²) in [5.74, 6) is 1.18. The number of nitrogens with zero attached hydrogens (tertiary/aromatic N) is 2. The van der Waals surface area contributed by atoms with Gasteiger partial charge in [-0.25, -0.2) is 4.98 Å². The van der Waals surface area contributed by atoms with Crippen LogP contribution in [0.3, 0.4) is 0 Å². The smallest absolute Gasteiger partial charge is 0.237 e. The van der Waals surface area contributed by atoms with Crippen LogP contribution in [0.4, 0.5) is 0 Å². The molecule has 0 aliphatic heterocycles. The third kappa shape index (κ3) is 4.18. The first-order valence-electron chi connectivity index (χ1n) is 6.53. The summed E-state index contributed by atoms with van der Waals surface area (Å²) in [7, 11) is 0. The summed E-state index contributed by atoms with van der Waals surface area (Å²) in [6, 6.07) is 5.91. The number of nitrogens with one attached hydrogen (secondary N) is 1. The Kier molecular flexibility index (Phi) is 4.93. The molecule has 1 heterocycles. The second-order valence-electron chi connectivity index (χ2n) is 4.89. The van der Waals surface area contributed by atoms with E-state index in [1.807, 2.05) is 19.1 Å². The van der Waals surface area contributed by atoms with Crippen LogP contribution in [0.1, 0.15) is 25.1 Å². The fourth-order valence-electron chi connectivity index (χ4n) is 1.60. The van der Waals surface area contributed by atoms with E-state index in [1.165, 1.54) is 0 Å². The van der Waals surface area contributed by atoms with Crippen molar-refractivity contribution in [1.29, 1.82) is 0 Å². The highest BCUT2D eigenvalue weighted by molar-refractivity contribution is 6.31. The van der Waals surface area contributed by atoms with Gasteiger partial charge in [0.15, 0.2) is 0 Å². The van der Waals surface area contributed by atoms with E-state index >= 15 is 0 Å². The predicted molar refractivity (Wildman–Crippen MR) is 80.3 cm³/mol. The van der Waals surface area contributed by atoms with Crippen molar-refractivity contribution in [2.24, 2.45) is 0 Å². The average molecular weight is 292 g/mol. The Labute approximate surface area is 124 Å². The Morgan fingerprint density at radius 1 is 1.25 bits per heavy atom. The van der Waals surface area contributed by atoms with Gasteiger partial charge in [-0.05, 0) is 30.7 Å². The van der Waals surface area contributed by atoms with Crippen LogP contribution in [0.2, 0.25) is 5.02 Å².